The van der Waals surface area contributed by atoms with Gasteiger partial charge < -0.3 is 35.9 Å². The average molecular weight is 624 g/mol. The van der Waals surface area contributed by atoms with E-state index in [-0.39, 0.29) is 18.8 Å². The van der Waals surface area contributed by atoms with Crippen LogP contribution in [-0.2, 0) is 33.0 Å². The second kappa shape index (κ2) is 14.4. The topological polar surface area (TPSA) is 186 Å². The minimum Gasteiger partial charge on any atom is -0.480 e. The molecule has 3 amide bonds. The molecule has 0 aliphatic carbocycles. The molecule has 0 saturated heterocycles. The number of fused-ring (bicyclic) bond motifs is 1. The number of nitrogens with zero attached hydrogens (tertiary/aromatic N) is 1. The van der Waals surface area contributed by atoms with Crippen LogP contribution >= 0.6 is 11.6 Å². The Hall–Kier alpha value is -5.10. The van der Waals surface area contributed by atoms with Crippen molar-refractivity contribution in [3.63, 3.8) is 0 Å². The average Bonchev–Trinajstić information content (AvgIpc) is 3.40. The van der Waals surface area contributed by atoms with E-state index >= 15 is 0 Å². The predicted octanol–water partition coefficient (Wildman–Crippen LogP) is 5.25. The lowest BCUT2D eigenvalue weighted by molar-refractivity contribution is -0.143. The van der Waals surface area contributed by atoms with Crippen LogP contribution in [0.15, 0.2) is 72.8 Å². The van der Waals surface area contributed by atoms with Crippen LogP contribution in [0, 0.1) is 0 Å². The Labute approximate surface area is 258 Å². The Balaban J connectivity index is 0.000000269. The van der Waals surface area contributed by atoms with Gasteiger partial charge in [0.15, 0.2) is 0 Å². The zero-order valence-corrected chi connectivity index (χ0v) is 25.4. The number of imidazole rings is 1. The molecule has 232 valence electrons. The number of carbonyl (C=O) groups is 4. The molecule has 1 heterocycles. The maximum Gasteiger partial charge on any atom is 0.408 e. The molecule has 0 aliphatic rings. The predicted molar refractivity (Wildman–Crippen MR) is 164 cm³/mol. The summed E-state index contributed by atoms with van der Waals surface area (Å²) in [7, 11) is 0. The van der Waals surface area contributed by atoms with E-state index in [0.29, 0.717) is 21.9 Å². The molecule has 0 aliphatic heterocycles. The number of primary amides is 1. The van der Waals surface area contributed by atoms with E-state index in [2.05, 4.69) is 20.6 Å². The van der Waals surface area contributed by atoms with Crippen molar-refractivity contribution in [2.45, 2.75) is 52.0 Å². The minimum absolute atomic E-state index is 0.113. The SMILES string of the molecule is CC(C)(NC(=O)OCc1ccccc1)C(=O)O.CC(C)(NC(=O)OCc1ccccc1)c1nc2c(C(N)=O)cc(Cl)cc2[nH]1. The van der Waals surface area contributed by atoms with Crippen LogP contribution in [0.4, 0.5) is 9.59 Å². The van der Waals surface area contributed by atoms with Crippen LogP contribution in [0.25, 0.3) is 11.0 Å². The first kappa shape index (κ1) is 33.4. The lowest BCUT2D eigenvalue weighted by atomic mass is 10.1. The summed E-state index contributed by atoms with van der Waals surface area (Å²) in [5.41, 5.74) is 6.07. The van der Waals surface area contributed by atoms with Crippen molar-refractivity contribution in [3.8, 4) is 0 Å². The van der Waals surface area contributed by atoms with Crippen molar-refractivity contribution in [1.82, 2.24) is 20.6 Å². The van der Waals surface area contributed by atoms with Crippen molar-refractivity contribution < 1.29 is 33.8 Å². The Morgan fingerprint density at radius 1 is 0.864 bits per heavy atom. The molecular formula is C31H34ClN5O7. The van der Waals surface area contributed by atoms with Crippen LogP contribution in [0.5, 0.6) is 0 Å². The van der Waals surface area contributed by atoms with Gasteiger partial charge in [0.1, 0.15) is 30.1 Å². The van der Waals surface area contributed by atoms with E-state index in [4.69, 9.17) is 31.9 Å². The number of carboxylic acid groups (broad SMARTS) is 1. The third kappa shape index (κ3) is 9.46. The number of hydrogen-bond donors (Lipinski definition) is 5. The van der Waals surface area contributed by atoms with Crippen LogP contribution in [-0.4, -0.2) is 44.7 Å². The number of aliphatic carboxylic acids is 1. The second-order valence-electron chi connectivity index (χ2n) is 10.7. The number of carbonyl (C=O) groups excluding carboxylic acids is 3. The molecule has 44 heavy (non-hydrogen) atoms. The van der Waals surface area contributed by atoms with E-state index in [1.54, 1.807) is 19.9 Å². The molecule has 0 saturated carbocycles. The standard InChI is InChI=1S/C19H19ClN4O3.C12H15NO4/c1-19(2,24-18(26)27-10-11-6-4-3-5-7-11)17-22-14-9-12(20)8-13(16(21)25)15(14)23-17;1-12(2,10(14)15)13-11(16)17-8-9-6-4-3-5-7-9/h3-9H,10H2,1-2H3,(H2,21,25)(H,22,23)(H,24,26);3-7H,8H2,1-2H3,(H,13,16)(H,14,15). The Bertz CT molecular complexity index is 1620. The van der Waals surface area contributed by atoms with Gasteiger partial charge in [-0.25, -0.2) is 19.4 Å². The first-order valence-electron chi connectivity index (χ1n) is 13.4. The molecule has 1 aromatic heterocycles. The van der Waals surface area contributed by atoms with Crippen molar-refractivity contribution in [3.05, 3.63) is 100 Å². The molecule has 0 spiro atoms. The molecule has 4 rings (SSSR count). The number of amides is 3. The van der Waals surface area contributed by atoms with Crippen LogP contribution in [0.1, 0.15) is 55.0 Å². The maximum absolute atomic E-state index is 12.2. The van der Waals surface area contributed by atoms with Crippen LogP contribution < -0.4 is 16.4 Å². The summed E-state index contributed by atoms with van der Waals surface area (Å²) in [6.45, 7) is 6.57. The van der Waals surface area contributed by atoms with Crippen molar-refractivity contribution in [1.29, 1.82) is 0 Å². The van der Waals surface area contributed by atoms with Crippen molar-refractivity contribution in [2.75, 3.05) is 0 Å². The van der Waals surface area contributed by atoms with E-state index < -0.39 is 35.1 Å². The third-order valence-corrected chi connectivity index (χ3v) is 6.42. The number of carboxylic acids is 1. The lowest BCUT2D eigenvalue weighted by Gasteiger charge is -2.23. The largest absolute Gasteiger partial charge is 0.480 e. The summed E-state index contributed by atoms with van der Waals surface area (Å²) < 4.78 is 10.2. The van der Waals surface area contributed by atoms with E-state index in [1.165, 1.54) is 19.9 Å². The fourth-order valence-electron chi connectivity index (χ4n) is 3.71. The van der Waals surface area contributed by atoms with E-state index in [1.807, 2.05) is 60.7 Å². The van der Waals surface area contributed by atoms with Crippen LogP contribution in [0.2, 0.25) is 5.02 Å². The van der Waals surface area contributed by atoms with Gasteiger partial charge in [-0.05, 0) is 51.0 Å². The quantitative estimate of drug-likeness (QED) is 0.167. The zero-order valence-electron chi connectivity index (χ0n) is 24.6. The summed E-state index contributed by atoms with van der Waals surface area (Å²) in [5.74, 6) is -1.30. The molecular weight excluding hydrogens is 590 g/mol. The normalized spacial score (nSPS) is 11.1. The number of benzene rings is 3. The number of hydrogen-bond acceptors (Lipinski definition) is 7. The van der Waals surface area contributed by atoms with Gasteiger partial charge in [-0.1, -0.05) is 72.3 Å². The van der Waals surface area contributed by atoms with Crippen LogP contribution in [0.3, 0.4) is 0 Å². The molecule has 4 aromatic rings. The Kier molecular flexibility index (Phi) is 10.9. The maximum atomic E-state index is 12.2. The second-order valence-corrected chi connectivity index (χ2v) is 11.2. The summed E-state index contributed by atoms with van der Waals surface area (Å²) in [6.07, 6.45) is -1.33. The highest BCUT2D eigenvalue weighted by atomic mass is 35.5. The number of alkyl carbamates (subject to hydrolysis) is 2. The van der Waals surface area contributed by atoms with Gasteiger partial charge in [0, 0.05) is 5.02 Å². The summed E-state index contributed by atoms with van der Waals surface area (Å²) in [4.78, 5) is 53.4. The molecule has 3 aromatic carbocycles. The Morgan fingerprint density at radius 2 is 1.36 bits per heavy atom. The first-order chi connectivity index (χ1) is 20.7. The van der Waals surface area contributed by atoms with Gasteiger partial charge in [0.25, 0.3) is 5.91 Å². The fraction of sp³-hybridized carbons (Fsp3) is 0.258. The molecule has 0 bridgehead atoms. The molecule has 0 radical (unpaired) electrons. The van der Waals surface area contributed by atoms with E-state index in [9.17, 15) is 19.2 Å². The third-order valence-electron chi connectivity index (χ3n) is 6.20. The van der Waals surface area contributed by atoms with Crippen molar-refractivity contribution >= 4 is 46.7 Å². The highest BCUT2D eigenvalue weighted by molar-refractivity contribution is 6.32. The highest BCUT2D eigenvalue weighted by Crippen LogP contribution is 2.26. The monoisotopic (exact) mass is 623 g/mol. The van der Waals surface area contributed by atoms with E-state index in [0.717, 1.165) is 11.1 Å². The minimum atomic E-state index is -1.34. The molecule has 13 heteroatoms. The number of halogens is 1. The van der Waals surface area contributed by atoms with Gasteiger partial charge in [-0.3, -0.25) is 4.79 Å². The van der Waals surface area contributed by atoms with Gasteiger partial charge >= 0.3 is 18.2 Å². The van der Waals surface area contributed by atoms with Gasteiger partial charge in [0.05, 0.1) is 16.6 Å². The fourth-order valence-corrected chi connectivity index (χ4v) is 3.93. The molecule has 0 atom stereocenters. The first-order valence-corrected chi connectivity index (χ1v) is 13.8. The molecule has 12 nitrogen and oxygen atoms in total. The molecule has 0 unspecified atom stereocenters. The molecule has 6 N–H and O–H groups in total. The number of H-pyrrole nitrogens is 1. The van der Waals surface area contributed by atoms with Gasteiger partial charge in [0.2, 0.25) is 0 Å². The number of rotatable bonds is 9. The number of aromatic amines is 1. The number of ether oxygens (including phenoxy) is 2. The molecule has 0 fully saturated rings. The van der Waals surface area contributed by atoms with Gasteiger partial charge in [-0.2, -0.15) is 0 Å². The number of aromatic nitrogens is 2. The number of nitrogens with two attached hydrogens (primary N) is 1. The number of nitrogens with one attached hydrogen (secondary N) is 3. The Morgan fingerprint density at radius 3 is 1.84 bits per heavy atom. The summed E-state index contributed by atoms with van der Waals surface area (Å²) in [6, 6.07) is 21.6. The summed E-state index contributed by atoms with van der Waals surface area (Å²) in [5, 5.41) is 14.2. The highest BCUT2D eigenvalue weighted by Gasteiger charge is 2.30. The smallest absolute Gasteiger partial charge is 0.408 e. The lowest BCUT2D eigenvalue weighted by Crippen LogP contribution is -2.49. The van der Waals surface area contributed by atoms with Crippen molar-refractivity contribution in [2.24, 2.45) is 5.73 Å². The zero-order chi connectivity index (χ0) is 32.5. The summed E-state index contributed by atoms with van der Waals surface area (Å²) >= 11 is 6.03. The van der Waals surface area contributed by atoms with Gasteiger partial charge in [-0.15, -0.1) is 0 Å².